The number of amides is 3. The van der Waals surface area contributed by atoms with Crippen LogP contribution in [-0.2, 0) is 35.2 Å². The molecule has 0 radical (unpaired) electrons. The van der Waals surface area contributed by atoms with Crippen molar-refractivity contribution in [3.8, 4) is 5.75 Å². The third-order valence-electron chi connectivity index (χ3n) is 5.58. The number of phenols is 1. The first-order chi connectivity index (χ1) is 19.2. The van der Waals surface area contributed by atoms with Gasteiger partial charge in [-0.1, -0.05) is 12.1 Å². The summed E-state index contributed by atoms with van der Waals surface area (Å²) in [6.45, 7) is 0.0566. The number of carbonyl (C=O) groups is 6. The minimum Gasteiger partial charge on any atom is -0.508 e. The minimum atomic E-state index is -1.57. The molecular formula is C24H35N7O10. The molecule has 1 aromatic carbocycles. The van der Waals surface area contributed by atoms with Gasteiger partial charge in [-0.2, -0.15) is 0 Å². The second-order valence-corrected chi connectivity index (χ2v) is 8.98. The molecule has 13 N–H and O–H groups in total. The maximum atomic E-state index is 13.3. The molecule has 0 heterocycles. The Labute approximate surface area is 234 Å². The van der Waals surface area contributed by atoms with Gasteiger partial charge in [-0.3, -0.25) is 29.0 Å². The summed E-state index contributed by atoms with van der Waals surface area (Å²) < 4.78 is 0. The molecule has 1 rings (SSSR count). The first-order valence-corrected chi connectivity index (χ1v) is 12.4. The lowest BCUT2D eigenvalue weighted by atomic mass is 10.0. The molecule has 0 aliphatic carbocycles. The molecule has 4 atom stereocenters. The number of guanidine groups is 1. The Bertz CT molecular complexity index is 1120. The number of hydrogen-bond acceptors (Lipinski definition) is 9. The minimum absolute atomic E-state index is 0.0566. The van der Waals surface area contributed by atoms with Crippen LogP contribution in [0.1, 0.15) is 37.7 Å². The van der Waals surface area contributed by atoms with E-state index in [0.29, 0.717) is 5.56 Å². The number of carboxylic acid groups (broad SMARTS) is 3. The third kappa shape index (κ3) is 13.6. The average Bonchev–Trinajstić information content (AvgIpc) is 2.87. The molecule has 226 valence electrons. The van der Waals surface area contributed by atoms with Crippen LogP contribution in [0.5, 0.6) is 5.75 Å². The maximum Gasteiger partial charge on any atom is 0.326 e. The van der Waals surface area contributed by atoms with Gasteiger partial charge in [0.05, 0.1) is 12.5 Å². The molecule has 4 unspecified atom stereocenters. The predicted molar refractivity (Wildman–Crippen MR) is 142 cm³/mol. The molecule has 0 aromatic heterocycles. The number of aliphatic carboxylic acids is 3. The van der Waals surface area contributed by atoms with E-state index in [1.807, 2.05) is 0 Å². The van der Waals surface area contributed by atoms with Gasteiger partial charge in [-0.25, -0.2) is 4.79 Å². The zero-order valence-corrected chi connectivity index (χ0v) is 22.0. The van der Waals surface area contributed by atoms with E-state index in [0.717, 1.165) is 0 Å². The van der Waals surface area contributed by atoms with Crippen LogP contribution in [-0.4, -0.2) is 92.7 Å². The van der Waals surface area contributed by atoms with Crippen molar-refractivity contribution in [3.05, 3.63) is 29.8 Å². The van der Waals surface area contributed by atoms with Crippen LogP contribution in [0.25, 0.3) is 0 Å². The molecule has 0 saturated carbocycles. The Morgan fingerprint density at radius 1 is 0.780 bits per heavy atom. The van der Waals surface area contributed by atoms with E-state index in [4.69, 9.17) is 27.4 Å². The fourth-order valence-electron chi connectivity index (χ4n) is 3.48. The van der Waals surface area contributed by atoms with Gasteiger partial charge in [0.2, 0.25) is 17.7 Å². The largest absolute Gasteiger partial charge is 0.508 e. The topological polar surface area (TPSA) is 310 Å². The summed E-state index contributed by atoms with van der Waals surface area (Å²) in [6, 6.07) is -0.186. The van der Waals surface area contributed by atoms with E-state index < -0.39 is 79.1 Å². The summed E-state index contributed by atoms with van der Waals surface area (Å²) in [5.41, 5.74) is 16.7. The number of nitrogens with one attached hydrogen (secondary N) is 3. The number of carbonyl (C=O) groups excluding carboxylic acids is 3. The average molecular weight is 582 g/mol. The van der Waals surface area contributed by atoms with Gasteiger partial charge >= 0.3 is 17.9 Å². The fourth-order valence-corrected chi connectivity index (χ4v) is 3.48. The summed E-state index contributed by atoms with van der Waals surface area (Å²) in [5.74, 6) is -7.19. The van der Waals surface area contributed by atoms with Crippen molar-refractivity contribution in [2.24, 2.45) is 22.2 Å². The van der Waals surface area contributed by atoms with Gasteiger partial charge in [0, 0.05) is 19.4 Å². The molecule has 0 fully saturated rings. The number of aromatic hydroxyl groups is 1. The highest BCUT2D eigenvalue weighted by molar-refractivity contribution is 5.95. The van der Waals surface area contributed by atoms with Gasteiger partial charge in [0.15, 0.2) is 5.96 Å². The highest BCUT2D eigenvalue weighted by Crippen LogP contribution is 2.12. The zero-order valence-electron chi connectivity index (χ0n) is 22.0. The highest BCUT2D eigenvalue weighted by Gasteiger charge is 2.31. The molecule has 0 bridgehead atoms. The van der Waals surface area contributed by atoms with E-state index in [1.165, 1.54) is 24.3 Å². The Balaban J connectivity index is 3.20. The van der Waals surface area contributed by atoms with E-state index in [-0.39, 0.29) is 37.5 Å². The smallest absolute Gasteiger partial charge is 0.326 e. The molecule has 0 spiro atoms. The number of rotatable bonds is 18. The molecule has 17 heteroatoms. The van der Waals surface area contributed by atoms with Crippen LogP contribution in [0.2, 0.25) is 0 Å². The normalized spacial score (nSPS) is 13.5. The van der Waals surface area contributed by atoms with Crippen molar-refractivity contribution in [1.82, 2.24) is 16.0 Å². The molecule has 0 aliphatic heterocycles. The first-order valence-electron chi connectivity index (χ1n) is 12.4. The quantitative estimate of drug-likeness (QED) is 0.0476. The van der Waals surface area contributed by atoms with E-state index in [2.05, 4.69) is 20.9 Å². The standard InChI is InChI=1S/C24H35N7O10/c25-14(11-19(35)36)20(37)31-17(10-12-3-5-13(32)6-4-12)22(39)29-15(2-1-9-28-24(26)27)21(38)30-16(23(40)41)7-8-18(33)34/h3-6,14-17,32H,1-2,7-11,25H2,(H,29,39)(H,30,38)(H,31,37)(H,33,34)(H,35,36)(H,40,41)(H4,26,27,28). The molecule has 41 heavy (non-hydrogen) atoms. The monoisotopic (exact) mass is 581 g/mol. The maximum absolute atomic E-state index is 13.3. The predicted octanol–water partition coefficient (Wildman–Crippen LogP) is -2.81. The number of phenolic OH excluding ortho intramolecular Hbond substituents is 1. The number of nitrogens with zero attached hydrogens (tertiary/aromatic N) is 1. The first kappa shape index (κ1) is 34.1. The molecule has 0 saturated heterocycles. The molecule has 1 aromatic rings. The summed E-state index contributed by atoms with van der Waals surface area (Å²) in [5, 5.41) is 43.7. The van der Waals surface area contributed by atoms with Gasteiger partial charge in [0.1, 0.15) is 23.9 Å². The molecule has 0 aliphatic rings. The second kappa shape index (κ2) is 16.9. The summed E-state index contributed by atoms with van der Waals surface area (Å²) in [6.07, 6.45) is -1.78. The number of aliphatic imine (C=N–C) groups is 1. The lowest BCUT2D eigenvalue weighted by Crippen LogP contribution is -2.57. The lowest BCUT2D eigenvalue weighted by Gasteiger charge is -2.25. The number of carboxylic acids is 3. The van der Waals surface area contributed by atoms with Crippen LogP contribution in [0.4, 0.5) is 0 Å². The van der Waals surface area contributed by atoms with Crippen LogP contribution >= 0.6 is 0 Å². The van der Waals surface area contributed by atoms with Crippen molar-refractivity contribution in [2.45, 2.75) is 62.7 Å². The number of nitrogens with two attached hydrogens (primary N) is 3. The van der Waals surface area contributed by atoms with E-state index in [1.54, 1.807) is 0 Å². The Kier molecular flexibility index (Phi) is 14.1. The van der Waals surface area contributed by atoms with Crippen LogP contribution in [0.15, 0.2) is 29.3 Å². The van der Waals surface area contributed by atoms with Gasteiger partial charge in [0.25, 0.3) is 0 Å². The number of benzene rings is 1. The molecule has 17 nitrogen and oxygen atoms in total. The van der Waals surface area contributed by atoms with Crippen molar-refractivity contribution in [2.75, 3.05) is 6.54 Å². The summed E-state index contributed by atoms with van der Waals surface area (Å²) in [7, 11) is 0. The molecule has 3 amide bonds. The zero-order chi connectivity index (χ0) is 31.1. The molecular weight excluding hydrogens is 546 g/mol. The summed E-state index contributed by atoms with van der Waals surface area (Å²) in [4.78, 5) is 76.0. The SMILES string of the molecule is NC(N)=NCCCC(NC(=O)C(Cc1ccc(O)cc1)NC(=O)C(N)CC(=O)O)C(=O)NC(CCC(=O)O)C(=O)O. The lowest BCUT2D eigenvalue weighted by molar-refractivity contribution is -0.143. The number of hydrogen-bond donors (Lipinski definition) is 10. The van der Waals surface area contributed by atoms with Gasteiger partial charge < -0.3 is 53.6 Å². The Morgan fingerprint density at radius 2 is 1.34 bits per heavy atom. The second-order valence-electron chi connectivity index (χ2n) is 8.98. The van der Waals surface area contributed by atoms with Crippen LogP contribution in [0, 0.1) is 0 Å². The Morgan fingerprint density at radius 3 is 1.88 bits per heavy atom. The highest BCUT2D eigenvalue weighted by atomic mass is 16.4. The van der Waals surface area contributed by atoms with E-state index >= 15 is 0 Å². The van der Waals surface area contributed by atoms with Gasteiger partial charge in [-0.05, 0) is 37.0 Å². The third-order valence-corrected chi connectivity index (χ3v) is 5.58. The van der Waals surface area contributed by atoms with Gasteiger partial charge in [-0.15, -0.1) is 0 Å². The summed E-state index contributed by atoms with van der Waals surface area (Å²) >= 11 is 0. The van der Waals surface area contributed by atoms with Crippen molar-refractivity contribution in [3.63, 3.8) is 0 Å². The van der Waals surface area contributed by atoms with Crippen molar-refractivity contribution < 1.29 is 49.2 Å². The van der Waals surface area contributed by atoms with Crippen LogP contribution in [0.3, 0.4) is 0 Å². The van der Waals surface area contributed by atoms with Crippen molar-refractivity contribution >= 4 is 41.6 Å². The Hall–Kier alpha value is -4.93. The van der Waals surface area contributed by atoms with Crippen LogP contribution < -0.4 is 33.2 Å². The van der Waals surface area contributed by atoms with Crippen molar-refractivity contribution in [1.29, 1.82) is 0 Å². The fraction of sp³-hybridized carbons (Fsp3) is 0.458. The van der Waals surface area contributed by atoms with E-state index in [9.17, 15) is 39.0 Å².